The molecule has 0 amide bonds. The van der Waals surface area contributed by atoms with Gasteiger partial charge in [0.1, 0.15) is 12.4 Å². The average molecular weight is 337 g/mol. The Bertz CT molecular complexity index is 697. The molecule has 0 aliphatic heterocycles. The van der Waals surface area contributed by atoms with Gasteiger partial charge in [0.2, 0.25) is 0 Å². The van der Waals surface area contributed by atoms with Gasteiger partial charge in [-0.05, 0) is 48.9 Å². The van der Waals surface area contributed by atoms with Crippen molar-refractivity contribution in [3.63, 3.8) is 0 Å². The topological polar surface area (TPSA) is 59.6 Å². The monoisotopic (exact) mass is 337 g/mol. The highest BCUT2D eigenvalue weighted by Gasteiger charge is 2.29. The quantitative estimate of drug-likeness (QED) is 0.495. The van der Waals surface area contributed by atoms with Crippen LogP contribution in [0.25, 0.3) is 0 Å². The molecule has 0 spiro atoms. The third kappa shape index (κ3) is 5.49. The fourth-order valence-corrected chi connectivity index (χ4v) is 1.98. The van der Waals surface area contributed by atoms with Crippen molar-refractivity contribution in [2.24, 2.45) is 10.7 Å². The number of nitrogens with two attached hydrogens (primary N) is 1. The molecule has 0 aliphatic rings. The molecule has 128 valence electrons. The highest BCUT2D eigenvalue weighted by atomic mass is 19.4. The number of ether oxygens (including phenoxy) is 1. The summed E-state index contributed by atoms with van der Waals surface area (Å²) in [6.07, 6.45) is -4.35. The van der Waals surface area contributed by atoms with Crippen molar-refractivity contribution in [1.29, 1.82) is 0 Å². The number of guanidine groups is 1. The second-order valence-electron chi connectivity index (χ2n) is 5.13. The Morgan fingerprint density at radius 2 is 1.88 bits per heavy atom. The number of halogens is 3. The molecule has 0 bridgehead atoms. The van der Waals surface area contributed by atoms with Crippen LogP contribution in [0.15, 0.2) is 53.5 Å². The van der Waals surface area contributed by atoms with Crippen molar-refractivity contribution in [2.45, 2.75) is 13.1 Å². The zero-order valence-corrected chi connectivity index (χ0v) is 13.1. The molecule has 0 aliphatic carbocycles. The van der Waals surface area contributed by atoms with E-state index >= 15 is 0 Å². The molecular weight excluding hydrogens is 319 g/mol. The number of nitrogens with zero attached hydrogens (tertiary/aromatic N) is 1. The zero-order chi connectivity index (χ0) is 17.6. The van der Waals surface area contributed by atoms with E-state index in [0.717, 1.165) is 23.4 Å². The van der Waals surface area contributed by atoms with E-state index in [1.54, 1.807) is 0 Å². The van der Waals surface area contributed by atoms with Crippen molar-refractivity contribution in [3.05, 3.63) is 59.7 Å². The van der Waals surface area contributed by atoms with E-state index in [0.29, 0.717) is 5.75 Å². The minimum Gasteiger partial charge on any atom is -0.492 e. The van der Waals surface area contributed by atoms with Gasteiger partial charge in [-0.25, -0.2) is 4.99 Å². The smallest absolute Gasteiger partial charge is 0.416 e. The van der Waals surface area contributed by atoms with Crippen LogP contribution >= 0.6 is 0 Å². The Balaban J connectivity index is 1.79. The number of benzene rings is 2. The number of rotatable bonds is 5. The molecule has 2 aromatic rings. The van der Waals surface area contributed by atoms with Crippen LogP contribution in [0, 0.1) is 6.92 Å². The van der Waals surface area contributed by atoms with Gasteiger partial charge in [0, 0.05) is 5.69 Å². The maximum Gasteiger partial charge on any atom is 0.416 e. The van der Waals surface area contributed by atoms with E-state index in [1.807, 2.05) is 31.2 Å². The predicted molar refractivity (Wildman–Crippen MR) is 88.2 cm³/mol. The van der Waals surface area contributed by atoms with Gasteiger partial charge in [-0.2, -0.15) is 13.2 Å². The summed E-state index contributed by atoms with van der Waals surface area (Å²) >= 11 is 0. The number of nitrogens with one attached hydrogen (secondary N) is 1. The standard InChI is InChI=1S/C17H18F3N3O/c1-12-3-2-4-14(11-12)23-16(21)22-9-10-24-15-7-5-13(6-8-15)17(18,19)20/h2-8,11H,9-10H2,1H3,(H3,21,22,23). The molecule has 0 unspecified atom stereocenters. The average Bonchev–Trinajstić information content (AvgIpc) is 2.51. The predicted octanol–water partition coefficient (Wildman–Crippen LogP) is 3.82. The lowest BCUT2D eigenvalue weighted by Gasteiger charge is -2.09. The van der Waals surface area contributed by atoms with Crippen LogP contribution < -0.4 is 15.8 Å². The zero-order valence-electron chi connectivity index (χ0n) is 13.1. The van der Waals surface area contributed by atoms with Crippen molar-refractivity contribution < 1.29 is 17.9 Å². The summed E-state index contributed by atoms with van der Waals surface area (Å²) in [6.45, 7) is 2.46. The first kappa shape index (κ1) is 17.7. The van der Waals surface area contributed by atoms with Crippen LogP contribution in [-0.2, 0) is 6.18 Å². The summed E-state index contributed by atoms with van der Waals surface area (Å²) in [6, 6.07) is 12.2. The van der Waals surface area contributed by atoms with Crippen LogP contribution in [0.4, 0.5) is 18.9 Å². The molecule has 7 heteroatoms. The van der Waals surface area contributed by atoms with E-state index in [1.165, 1.54) is 12.1 Å². The minimum atomic E-state index is -4.35. The van der Waals surface area contributed by atoms with E-state index in [4.69, 9.17) is 10.5 Å². The van der Waals surface area contributed by atoms with E-state index in [-0.39, 0.29) is 19.1 Å². The van der Waals surface area contributed by atoms with Crippen molar-refractivity contribution in [1.82, 2.24) is 0 Å². The Morgan fingerprint density at radius 1 is 1.17 bits per heavy atom. The fraction of sp³-hybridized carbons (Fsp3) is 0.235. The number of anilines is 1. The van der Waals surface area contributed by atoms with Gasteiger partial charge in [0.25, 0.3) is 0 Å². The van der Waals surface area contributed by atoms with Gasteiger partial charge in [-0.15, -0.1) is 0 Å². The Labute approximate surface area is 138 Å². The number of hydrogen-bond donors (Lipinski definition) is 2. The lowest BCUT2D eigenvalue weighted by Crippen LogP contribution is -2.23. The van der Waals surface area contributed by atoms with E-state index in [9.17, 15) is 13.2 Å². The third-order valence-electron chi connectivity index (χ3n) is 3.11. The van der Waals surface area contributed by atoms with Gasteiger partial charge in [-0.3, -0.25) is 0 Å². The largest absolute Gasteiger partial charge is 0.492 e. The highest BCUT2D eigenvalue weighted by molar-refractivity contribution is 5.92. The summed E-state index contributed by atoms with van der Waals surface area (Å²) in [5.41, 5.74) is 6.98. The van der Waals surface area contributed by atoms with E-state index < -0.39 is 11.7 Å². The molecule has 2 aromatic carbocycles. The Hall–Kier alpha value is -2.70. The molecule has 0 heterocycles. The van der Waals surface area contributed by atoms with Gasteiger partial charge < -0.3 is 15.8 Å². The second kappa shape index (κ2) is 7.72. The molecule has 3 N–H and O–H groups in total. The molecule has 0 atom stereocenters. The lowest BCUT2D eigenvalue weighted by molar-refractivity contribution is -0.137. The van der Waals surface area contributed by atoms with Crippen LogP contribution in [0.2, 0.25) is 0 Å². The molecule has 0 aromatic heterocycles. The SMILES string of the molecule is Cc1cccc(NC(N)=NCCOc2ccc(C(F)(F)F)cc2)c1. The number of alkyl halides is 3. The molecule has 0 radical (unpaired) electrons. The van der Waals surface area contributed by atoms with Gasteiger partial charge in [-0.1, -0.05) is 12.1 Å². The van der Waals surface area contributed by atoms with Crippen molar-refractivity contribution in [3.8, 4) is 5.75 Å². The highest BCUT2D eigenvalue weighted by Crippen LogP contribution is 2.30. The summed E-state index contributed by atoms with van der Waals surface area (Å²) in [7, 11) is 0. The molecule has 0 saturated carbocycles. The van der Waals surface area contributed by atoms with Crippen LogP contribution in [0.5, 0.6) is 5.75 Å². The Kier molecular flexibility index (Phi) is 5.68. The number of hydrogen-bond acceptors (Lipinski definition) is 2. The lowest BCUT2D eigenvalue weighted by atomic mass is 10.2. The summed E-state index contributed by atoms with van der Waals surface area (Å²) in [5.74, 6) is 0.597. The minimum absolute atomic E-state index is 0.210. The number of aryl methyl sites for hydroxylation is 1. The maximum atomic E-state index is 12.4. The van der Waals surface area contributed by atoms with Gasteiger partial charge >= 0.3 is 6.18 Å². The first-order chi connectivity index (χ1) is 11.3. The van der Waals surface area contributed by atoms with Gasteiger partial charge in [0.15, 0.2) is 5.96 Å². The summed E-state index contributed by atoms with van der Waals surface area (Å²) in [5, 5.41) is 2.95. The normalized spacial score (nSPS) is 12.1. The fourth-order valence-electron chi connectivity index (χ4n) is 1.98. The summed E-state index contributed by atoms with van der Waals surface area (Å²) < 4.78 is 42.7. The van der Waals surface area contributed by atoms with Crippen LogP contribution in [0.3, 0.4) is 0 Å². The molecule has 24 heavy (non-hydrogen) atoms. The van der Waals surface area contributed by atoms with Crippen molar-refractivity contribution in [2.75, 3.05) is 18.5 Å². The van der Waals surface area contributed by atoms with Crippen molar-refractivity contribution >= 4 is 11.6 Å². The van der Waals surface area contributed by atoms with Crippen LogP contribution in [0.1, 0.15) is 11.1 Å². The van der Waals surface area contributed by atoms with E-state index in [2.05, 4.69) is 10.3 Å². The second-order valence-corrected chi connectivity index (χ2v) is 5.13. The molecule has 0 saturated heterocycles. The Morgan fingerprint density at radius 3 is 2.50 bits per heavy atom. The molecular formula is C17H18F3N3O. The third-order valence-corrected chi connectivity index (χ3v) is 3.11. The van der Waals surface area contributed by atoms with Gasteiger partial charge in [0.05, 0.1) is 12.1 Å². The first-order valence-corrected chi connectivity index (χ1v) is 7.28. The molecule has 0 fully saturated rings. The van der Waals surface area contributed by atoms with Crippen LogP contribution in [-0.4, -0.2) is 19.1 Å². The summed E-state index contributed by atoms with van der Waals surface area (Å²) in [4.78, 5) is 4.10. The molecule has 2 rings (SSSR count). The maximum absolute atomic E-state index is 12.4. The first-order valence-electron chi connectivity index (χ1n) is 7.28. The molecule has 4 nitrogen and oxygen atoms in total. The number of aliphatic imine (C=N–C) groups is 1.